The lowest BCUT2D eigenvalue weighted by Crippen LogP contribution is -2.20. The van der Waals surface area contributed by atoms with Crippen molar-refractivity contribution >= 4 is 23.1 Å². The van der Waals surface area contributed by atoms with E-state index in [2.05, 4.69) is 9.97 Å². The molecule has 0 radical (unpaired) electrons. The van der Waals surface area contributed by atoms with E-state index < -0.39 is 4.92 Å². The number of aryl methyl sites for hydroxylation is 1. The molecule has 0 saturated heterocycles. The van der Waals surface area contributed by atoms with Gasteiger partial charge in [-0.25, -0.2) is 4.98 Å². The zero-order valence-electron chi connectivity index (χ0n) is 11.1. The third-order valence-corrected chi connectivity index (χ3v) is 2.93. The van der Waals surface area contributed by atoms with Crippen LogP contribution >= 0.6 is 11.6 Å². The Morgan fingerprint density at radius 3 is 2.70 bits per heavy atom. The van der Waals surface area contributed by atoms with Crippen LogP contribution in [0.25, 0.3) is 0 Å². The summed E-state index contributed by atoms with van der Waals surface area (Å²) in [5, 5.41) is 11.2. The number of nitrogens with zero attached hydrogens (tertiary/aromatic N) is 4. The second kappa shape index (κ2) is 5.83. The average molecular weight is 293 g/mol. The standard InChI is InChI=1S/C13H13ClN4O2/c1-9-4-3-5-10(15-9)8-17(2)13-11(18(19)20)6-7-12(14)16-13/h3-7H,8H2,1-2H3. The lowest BCUT2D eigenvalue weighted by atomic mass is 10.3. The zero-order chi connectivity index (χ0) is 14.7. The molecule has 0 aliphatic carbocycles. The Balaban J connectivity index is 2.31. The van der Waals surface area contributed by atoms with Gasteiger partial charge in [-0.05, 0) is 25.1 Å². The molecule has 0 amide bonds. The van der Waals surface area contributed by atoms with Crippen molar-refractivity contribution in [2.45, 2.75) is 13.5 Å². The molecule has 104 valence electrons. The van der Waals surface area contributed by atoms with Crippen LogP contribution in [0.15, 0.2) is 30.3 Å². The molecule has 2 aromatic heterocycles. The van der Waals surface area contributed by atoms with Crippen molar-refractivity contribution in [2.24, 2.45) is 0 Å². The number of rotatable bonds is 4. The summed E-state index contributed by atoms with van der Waals surface area (Å²) in [6, 6.07) is 8.40. The maximum absolute atomic E-state index is 11.0. The molecule has 7 heteroatoms. The predicted octanol–water partition coefficient (Wildman–Crippen LogP) is 2.98. The van der Waals surface area contributed by atoms with E-state index in [9.17, 15) is 10.1 Å². The van der Waals surface area contributed by atoms with Crippen LogP contribution in [0.4, 0.5) is 11.5 Å². The summed E-state index contributed by atoms with van der Waals surface area (Å²) in [5.41, 5.74) is 1.62. The van der Waals surface area contributed by atoms with Crippen LogP contribution in [0, 0.1) is 17.0 Å². The first kappa shape index (κ1) is 14.2. The van der Waals surface area contributed by atoms with E-state index in [0.717, 1.165) is 11.4 Å². The first-order chi connectivity index (χ1) is 9.47. The summed E-state index contributed by atoms with van der Waals surface area (Å²) >= 11 is 5.82. The van der Waals surface area contributed by atoms with Gasteiger partial charge >= 0.3 is 5.69 Å². The van der Waals surface area contributed by atoms with Gasteiger partial charge in [-0.1, -0.05) is 17.7 Å². The van der Waals surface area contributed by atoms with Gasteiger partial charge in [0.2, 0.25) is 5.82 Å². The second-order valence-corrected chi connectivity index (χ2v) is 4.75. The highest BCUT2D eigenvalue weighted by Crippen LogP contribution is 2.27. The number of halogens is 1. The molecule has 0 aliphatic heterocycles. The van der Waals surface area contributed by atoms with E-state index in [1.165, 1.54) is 12.1 Å². The molecule has 6 nitrogen and oxygen atoms in total. The third-order valence-electron chi connectivity index (χ3n) is 2.72. The second-order valence-electron chi connectivity index (χ2n) is 4.36. The van der Waals surface area contributed by atoms with Crippen molar-refractivity contribution in [2.75, 3.05) is 11.9 Å². The van der Waals surface area contributed by atoms with E-state index in [4.69, 9.17) is 11.6 Å². The topological polar surface area (TPSA) is 72.2 Å². The molecule has 20 heavy (non-hydrogen) atoms. The van der Waals surface area contributed by atoms with Crippen molar-refractivity contribution in [1.29, 1.82) is 0 Å². The fraction of sp³-hybridized carbons (Fsp3) is 0.231. The minimum atomic E-state index is -0.473. The quantitative estimate of drug-likeness (QED) is 0.492. The fourth-order valence-corrected chi connectivity index (χ4v) is 1.99. The van der Waals surface area contributed by atoms with Crippen LogP contribution in [0.5, 0.6) is 0 Å². The monoisotopic (exact) mass is 292 g/mol. The highest BCUT2D eigenvalue weighted by atomic mass is 35.5. The van der Waals surface area contributed by atoms with Crippen LogP contribution in [-0.4, -0.2) is 21.9 Å². The molecule has 2 heterocycles. The number of hydrogen-bond donors (Lipinski definition) is 0. The Kier molecular flexibility index (Phi) is 4.14. The molecule has 2 rings (SSSR count). The van der Waals surface area contributed by atoms with E-state index in [0.29, 0.717) is 6.54 Å². The Labute approximate surface area is 121 Å². The van der Waals surface area contributed by atoms with Crippen molar-refractivity contribution in [3.8, 4) is 0 Å². The van der Waals surface area contributed by atoms with E-state index in [1.807, 2.05) is 25.1 Å². The molecule has 0 unspecified atom stereocenters. The lowest BCUT2D eigenvalue weighted by molar-refractivity contribution is -0.384. The van der Waals surface area contributed by atoms with Gasteiger partial charge in [0.25, 0.3) is 0 Å². The first-order valence-corrected chi connectivity index (χ1v) is 6.30. The summed E-state index contributed by atoms with van der Waals surface area (Å²) < 4.78 is 0. The SMILES string of the molecule is Cc1cccc(CN(C)c2nc(Cl)ccc2[N+](=O)[O-])n1. The van der Waals surface area contributed by atoms with E-state index in [-0.39, 0.29) is 16.7 Å². The van der Waals surface area contributed by atoms with Crippen molar-refractivity contribution in [3.63, 3.8) is 0 Å². The fourth-order valence-electron chi connectivity index (χ4n) is 1.85. The highest BCUT2D eigenvalue weighted by Gasteiger charge is 2.19. The Bertz CT molecular complexity index is 648. The third kappa shape index (κ3) is 3.21. The van der Waals surface area contributed by atoms with Gasteiger partial charge in [-0.15, -0.1) is 0 Å². The van der Waals surface area contributed by atoms with Gasteiger partial charge in [-0.3, -0.25) is 15.1 Å². The van der Waals surface area contributed by atoms with Gasteiger partial charge in [0.1, 0.15) is 5.15 Å². The van der Waals surface area contributed by atoms with E-state index in [1.54, 1.807) is 11.9 Å². The molecule has 2 aromatic rings. The lowest BCUT2D eigenvalue weighted by Gasteiger charge is -2.17. The molecule has 0 saturated carbocycles. The Morgan fingerprint density at radius 1 is 1.30 bits per heavy atom. The maximum Gasteiger partial charge on any atom is 0.311 e. The van der Waals surface area contributed by atoms with Crippen LogP contribution in [0.3, 0.4) is 0 Å². The highest BCUT2D eigenvalue weighted by molar-refractivity contribution is 6.29. The van der Waals surface area contributed by atoms with Crippen molar-refractivity contribution in [1.82, 2.24) is 9.97 Å². The van der Waals surface area contributed by atoms with Crippen LogP contribution in [-0.2, 0) is 6.54 Å². The molecule has 0 fully saturated rings. The largest absolute Gasteiger partial charge is 0.348 e. The Morgan fingerprint density at radius 2 is 2.05 bits per heavy atom. The van der Waals surface area contributed by atoms with Gasteiger partial charge in [0, 0.05) is 18.8 Å². The average Bonchev–Trinajstić information content (AvgIpc) is 2.38. The summed E-state index contributed by atoms with van der Waals surface area (Å²) in [6.07, 6.45) is 0. The van der Waals surface area contributed by atoms with Crippen molar-refractivity contribution in [3.05, 3.63) is 57.0 Å². The molecule has 0 spiro atoms. The van der Waals surface area contributed by atoms with Gasteiger partial charge in [0.15, 0.2) is 0 Å². The molecule has 0 bridgehead atoms. The zero-order valence-corrected chi connectivity index (χ0v) is 11.8. The predicted molar refractivity (Wildman–Crippen MR) is 77.0 cm³/mol. The minimum absolute atomic E-state index is 0.0791. The molecular weight excluding hydrogens is 280 g/mol. The molecule has 0 aromatic carbocycles. The van der Waals surface area contributed by atoms with Crippen LogP contribution in [0.2, 0.25) is 5.15 Å². The molecular formula is C13H13ClN4O2. The van der Waals surface area contributed by atoms with Gasteiger partial charge in [-0.2, -0.15) is 0 Å². The van der Waals surface area contributed by atoms with Gasteiger partial charge < -0.3 is 4.90 Å². The number of anilines is 1. The summed E-state index contributed by atoms with van der Waals surface area (Å²) in [4.78, 5) is 20.6. The van der Waals surface area contributed by atoms with Crippen LogP contribution in [0.1, 0.15) is 11.4 Å². The smallest absolute Gasteiger partial charge is 0.311 e. The number of aromatic nitrogens is 2. The number of nitro groups is 1. The summed E-state index contributed by atoms with van der Waals surface area (Å²) in [7, 11) is 1.72. The normalized spacial score (nSPS) is 10.3. The van der Waals surface area contributed by atoms with E-state index >= 15 is 0 Å². The van der Waals surface area contributed by atoms with Gasteiger partial charge in [0.05, 0.1) is 17.2 Å². The van der Waals surface area contributed by atoms with Crippen LogP contribution < -0.4 is 4.90 Å². The molecule has 0 atom stereocenters. The molecule has 0 N–H and O–H groups in total. The minimum Gasteiger partial charge on any atom is -0.348 e. The summed E-state index contributed by atoms with van der Waals surface area (Å²) in [6.45, 7) is 2.31. The number of hydrogen-bond acceptors (Lipinski definition) is 5. The Hall–Kier alpha value is -2.21. The molecule has 0 aliphatic rings. The number of pyridine rings is 2. The summed E-state index contributed by atoms with van der Waals surface area (Å²) in [5.74, 6) is 0.228. The maximum atomic E-state index is 11.0. The first-order valence-electron chi connectivity index (χ1n) is 5.92. The van der Waals surface area contributed by atoms with Crippen molar-refractivity contribution < 1.29 is 4.92 Å².